The molecule has 2 amide bonds. The van der Waals surface area contributed by atoms with Crippen molar-refractivity contribution in [3.05, 3.63) is 0 Å². The van der Waals surface area contributed by atoms with Crippen LogP contribution in [0.15, 0.2) is 0 Å². The second kappa shape index (κ2) is 4.85. The van der Waals surface area contributed by atoms with E-state index in [1.54, 1.807) is 11.8 Å². The third-order valence-electron chi connectivity index (χ3n) is 3.83. The maximum absolute atomic E-state index is 11.7. The molecule has 1 aliphatic heterocycles. The molecule has 2 rings (SSSR count). The summed E-state index contributed by atoms with van der Waals surface area (Å²) in [6, 6.07) is -0.289. The van der Waals surface area contributed by atoms with E-state index in [1.165, 1.54) is 25.7 Å². The number of nitrogens with zero attached hydrogens (tertiary/aromatic N) is 1. The summed E-state index contributed by atoms with van der Waals surface area (Å²) in [5.74, 6) is 0.807. The average Bonchev–Trinajstić information content (AvgIpc) is 2.77. The summed E-state index contributed by atoms with van der Waals surface area (Å²) in [6.45, 7) is 2.73. The third-order valence-corrected chi connectivity index (χ3v) is 3.83. The van der Waals surface area contributed by atoms with E-state index in [0.29, 0.717) is 0 Å². The van der Waals surface area contributed by atoms with E-state index < -0.39 is 0 Å². The van der Waals surface area contributed by atoms with Gasteiger partial charge in [0.05, 0.1) is 6.54 Å². The van der Waals surface area contributed by atoms with Gasteiger partial charge >= 0.3 is 0 Å². The van der Waals surface area contributed by atoms with Gasteiger partial charge in [-0.3, -0.25) is 9.59 Å². The molecule has 0 aromatic heterocycles. The number of piperazine rings is 1. The van der Waals surface area contributed by atoms with Crippen molar-refractivity contribution in [1.82, 2.24) is 10.2 Å². The fourth-order valence-electron chi connectivity index (χ4n) is 2.71. The van der Waals surface area contributed by atoms with Gasteiger partial charge in [-0.05, 0) is 19.3 Å². The highest BCUT2D eigenvalue weighted by molar-refractivity contribution is 5.94. The Morgan fingerprint density at radius 3 is 2.69 bits per heavy atom. The Morgan fingerprint density at radius 1 is 1.31 bits per heavy atom. The Bertz CT molecular complexity index is 285. The number of rotatable bonds is 3. The summed E-state index contributed by atoms with van der Waals surface area (Å²) in [4.78, 5) is 24.8. The largest absolute Gasteiger partial charge is 0.345 e. The molecule has 0 radical (unpaired) electrons. The SMILES string of the molecule is CC1C(=O)NCC(=O)N1CCC1CCCC1. The lowest BCUT2D eigenvalue weighted by atomic mass is 10.0. The van der Waals surface area contributed by atoms with Crippen LogP contribution in [0.4, 0.5) is 0 Å². The maximum atomic E-state index is 11.7. The number of hydrogen-bond acceptors (Lipinski definition) is 2. The van der Waals surface area contributed by atoms with Crippen LogP contribution in [0.1, 0.15) is 39.0 Å². The van der Waals surface area contributed by atoms with Gasteiger partial charge in [0.2, 0.25) is 11.8 Å². The van der Waals surface area contributed by atoms with Gasteiger partial charge in [-0.25, -0.2) is 0 Å². The van der Waals surface area contributed by atoms with Gasteiger partial charge in [0.15, 0.2) is 0 Å². The molecular formula is C12H20N2O2. The van der Waals surface area contributed by atoms with Gasteiger partial charge in [0.1, 0.15) is 6.04 Å². The summed E-state index contributed by atoms with van der Waals surface area (Å²) in [5.41, 5.74) is 0. The summed E-state index contributed by atoms with van der Waals surface area (Å²) in [5, 5.41) is 2.61. The maximum Gasteiger partial charge on any atom is 0.242 e. The van der Waals surface area contributed by atoms with Crippen LogP contribution in [0.25, 0.3) is 0 Å². The molecule has 2 aliphatic rings. The molecule has 2 fully saturated rings. The molecule has 1 heterocycles. The first-order valence-electron chi connectivity index (χ1n) is 6.25. The smallest absolute Gasteiger partial charge is 0.242 e. The van der Waals surface area contributed by atoms with Crippen LogP contribution >= 0.6 is 0 Å². The summed E-state index contributed by atoms with van der Waals surface area (Å²) >= 11 is 0. The van der Waals surface area contributed by atoms with Crippen molar-refractivity contribution in [2.45, 2.75) is 45.1 Å². The van der Waals surface area contributed by atoms with Crippen LogP contribution in [-0.2, 0) is 9.59 Å². The minimum Gasteiger partial charge on any atom is -0.345 e. The van der Waals surface area contributed by atoms with E-state index in [9.17, 15) is 9.59 Å². The van der Waals surface area contributed by atoms with Crippen molar-refractivity contribution < 1.29 is 9.59 Å². The molecule has 0 bridgehead atoms. The van der Waals surface area contributed by atoms with Crippen LogP contribution < -0.4 is 5.32 Å². The van der Waals surface area contributed by atoms with Gasteiger partial charge in [-0.2, -0.15) is 0 Å². The summed E-state index contributed by atoms with van der Waals surface area (Å²) < 4.78 is 0. The minimum absolute atomic E-state index is 0.0222. The first kappa shape index (κ1) is 11.4. The molecule has 4 nitrogen and oxygen atoms in total. The zero-order chi connectivity index (χ0) is 11.5. The van der Waals surface area contributed by atoms with Crippen LogP contribution in [0, 0.1) is 5.92 Å². The Kier molecular flexibility index (Phi) is 3.46. The summed E-state index contributed by atoms with van der Waals surface area (Å²) in [6.07, 6.45) is 6.30. The molecule has 0 spiro atoms. The molecule has 1 atom stereocenters. The molecule has 1 unspecified atom stereocenters. The Balaban J connectivity index is 1.86. The lowest BCUT2D eigenvalue weighted by molar-refractivity contribution is -0.145. The molecule has 4 heteroatoms. The number of nitrogens with one attached hydrogen (secondary N) is 1. The van der Waals surface area contributed by atoms with Crippen molar-refractivity contribution in [3.63, 3.8) is 0 Å². The van der Waals surface area contributed by atoms with E-state index in [4.69, 9.17) is 0 Å². The zero-order valence-electron chi connectivity index (χ0n) is 9.87. The molecule has 1 N–H and O–H groups in total. The van der Waals surface area contributed by atoms with Crippen LogP contribution in [-0.4, -0.2) is 35.8 Å². The summed E-state index contributed by atoms with van der Waals surface area (Å²) in [7, 11) is 0. The predicted octanol–water partition coefficient (Wildman–Crippen LogP) is 0.914. The first-order chi connectivity index (χ1) is 7.68. The molecule has 90 valence electrons. The molecule has 0 aromatic carbocycles. The normalized spacial score (nSPS) is 27.3. The molecule has 1 aliphatic carbocycles. The number of hydrogen-bond donors (Lipinski definition) is 1. The topological polar surface area (TPSA) is 49.4 Å². The highest BCUT2D eigenvalue weighted by Gasteiger charge is 2.31. The van der Waals surface area contributed by atoms with Crippen molar-refractivity contribution in [2.75, 3.05) is 13.1 Å². The van der Waals surface area contributed by atoms with E-state index in [2.05, 4.69) is 5.32 Å². The fraction of sp³-hybridized carbons (Fsp3) is 0.833. The second-order valence-electron chi connectivity index (χ2n) is 4.92. The standard InChI is InChI=1S/C12H20N2O2/c1-9-12(16)13-8-11(15)14(9)7-6-10-4-2-3-5-10/h9-10H,2-8H2,1H3,(H,13,16). The van der Waals surface area contributed by atoms with Gasteiger partial charge in [-0.1, -0.05) is 25.7 Å². The van der Waals surface area contributed by atoms with Crippen LogP contribution in [0.5, 0.6) is 0 Å². The van der Waals surface area contributed by atoms with Crippen molar-refractivity contribution in [3.8, 4) is 0 Å². The Labute approximate surface area is 96.4 Å². The van der Waals surface area contributed by atoms with Gasteiger partial charge < -0.3 is 10.2 Å². The van der Waals surface area contributed by atoms with E-state index in [-0.39, 0.29) is 24.4 Å². The van der Waals surface area contributed by atoms with E-state index in [0.717, 1.165) is 18.9 Å². The zero-order valence-corrected chi connectivity index (χ0v) is 9.87. The van der Waals surface area contributed by atoms with Gasteiger partial charge in [0, 0.05) is 6.54 Å². The number of amides is 2. The number of carbonyl (C=O) groups is 2. The lowest BCUT2D eigenvalue weighted by Gasteiger charge is -2.33. The highest BCUT2D eigenvalue weighted by atomic mass is 16.2. The molecular weight excluding hydrogens is 204 g/mol. The van der Waals surface area contributed by atoms with Gasteiger partial charge in [0.25, 0.3) is 0 Å². The molecule has 1 saturated heterocycles. The van der Waals surface area contributed by atoms with Gasteiger partial charge in [-0.15, -0.1) is 0 Å². The predicted molar refractivity (Wildman–Crippen MR) is 60.8 cm³/mol. The Hall–Kier alpha value is -1.06. The van der Waals surface area contributed by atoms with Crippen LogP contribution in [0.3, 0.4) is 0 Å². The van der Waals surface area contributed by atoms with E-state index in [1.807, 2.05) is 0 Å². The second-order valence-corrected chi connectivity index (χ2v) is 4.92. The first-order valence-corrected chi connectivity index (χ1v) is 6.25. The van der Waals surface area contributed by atoms with Crippen molar-refractivity contribution in [1.29, 1.82) is 0 Å². The monoisotopic (exact) mass is 224 g/mol. The van der Waals surface area contributed by atoms with Crippen molar-refractivity contribution in [2.24, 2.45) is 5.92 Å². The molecule has 1 saturated carbocycles. The quantitative estimate of drug-likeness (QED) is 0.774. The average molecular weight is 224 g/mol. The molecule has 16 heavy (non-hydrogen) atoms. The highest BCUT2D eigenvalue weighted by Crippen LogP contribution is 2.27. The number of carbonyl (C=O) groups excluding carboxylic acids is 2. The third kappa shape index (κ3) is 2.36. The van der Waals surface area contributed by atoms with E-state index >= 15 is 0 Å². The Morgan fingerprint density at radius 2 is 2.00 bits per heavy atom. The molecule has 0 aromatic rings. The van der Waals surface area contributed by atoms with Crippen molar-refractivity contribution >= 4 is 11.8 Å². The fourth-order valence-corrected chi connectivity index (χ4v) is 2.71. The van der Waals surface area contributed by atoms with Crippen LogP contribution in [0.2, 0.25) is 0 Å². The lowest BCUT2D eigenvalue weighted by Crippen LogP contribution is -2.57. The minimum atomic E-state index is -0.289.